The highest BCUT2D eigenvalue weighted by molar-refractivity contribution is 7.99. The number of carbonyl (C=O) groups excluding carboxylic acids is 3. The van der Waals surface area contributed by atoms with Crippen LogP contribution in [-0.4, -0.2) is 59.1 Å². The van der Waals surface area contributed by atoms with Crippen molar-refractivity contribution < 1.29 is 28.6 Å². The van der Waals surface area contributed by atoms with Crippen molar-refractivity contribution in [3.05, 3.63) is 88.7 Å². The largest absolute Gasteiger partial charge is 0.497 e. The fraction of sp³-hybridized carbons (Fsp3) is 0.258. The second-order valence-electron chi connectivity index (χ2n) is 9.37. The summed E-state index contributed by atoms with van der Waals surface area (Å²) in [6.45, 7) is 6.11. The van der Waals surface area contributed by atoms with Crippen molar-refractivity contribution in [2.24, 2.45) is 0 Å². The van der Waals surface area contributed by atoms with Gasteiger partial charge in [0.15, 0.2) is 11.0 Å². The summed E-state index contributed by atoms with van der Waals surface area (Å²) in [6.07, 6.45) is 0. The van der Waals surface area contributed by atoms with Gasteiger partial charge in [-0.05, 0) is 74.4 Å². The molecule has 0 atom stereocenters. The Kier molecular flexibility index (Phi) is 10.4. The van der Waals surface area contributed by atoms with Crippen molar-refractivity contribution in [3.63, 3.8) is 0 Å². The number of methoxy groups -OCH3 is 2. The minimum Gasteiger partial charge on any atom is -0.497 e. The first-order chi connectivity index (χ1) is 20.7. The quantitative estimate of drug-likeness (QED) is 0.174. The monoisotopic (exact) mass is 603 g/mol. The van der Waals surface area contributed by atoms with Crippen LogP contribution in [0.3, 0.4) is 0 Å². The highest BCUT2D eigenvalue weighted by atomic mass is 32.2. The standard InChI is InChI=1S/C31H33N5O6S/c1-6-42-30(39)21-10-12-23(13-11-21)33-28(37)18-43-31-35-34-27(36(31)26-9-7-8-19(2)20(26)3)17-32-29(38)22-14-24(40-4)16-25(15-22)41-5/h7-16H,6,17-18H2,1-5H3,(H,32,38)(H,33,37). The van der Waals surface area contributed by atoms with Crippen LogP contribution in [0.15, 0.2) is 65.8 Å². The first kappa shape index (κ1) is 31.1. The van der Waals surface area contributed by atoms with Gasteiger partial charge in [0, 0.05) is 17.3 Å². The van der Waals surface area contributed by atoms with Gasteiger partial charge in [0.05, 0.1) is 44.4 Å². The van der Waals surface area contributed by atoms with Gasteiger partial charge in [0.1, 0.15) is 11.5 Å². The summed E-state index contributed by atoms with van der Waals surface area (Å²) in [6, 6.07) is 17.3. The number of carbonyl (C=O) groups is 3. The number of nitrogens with one attached hydrogen (secondary N) is 2. The molecule has 0 unspecified atom stereocenters. The third kappa shape index (κ3) is 7.72. The Bertz CT molecular complexity index is 1600. The molecule has 1 aromatic heterocycles. The number of ether oxygens (including phenoxy) is 3. The zero-order chi connectivity index (χ0) is 30.9. The van der Waals surface area contributed by atoms with E-state index in [1.165, 1.54) is 26.0 Å². The van der Waals surface area contributed by atoms with E-state index >= 15 is 0 Å². The minimum absolute atomic E-state index is 0.0542. The van der Waals surface area contributed by atoms with Gasteiger partial charge >= 0.3 is 5.97 Å². The molecule has 2 amide bonds. The van der Waals surface area contributed by atoms with E-state index in [4.69, 9.17) is 14.2 Å². The number of hydrogen-bond donors (Lipinski definition) is 2. The van der Waals surface area contributed by atoms with Gasteiger partial charge < -0.3 is 24.8 Å². The molecule has 3 aromatic carbocycles. The number of rotatable bonds is 12. The number of benzene rings is 3. The average molecular weight is 604 g/mol. The zero-order valence-corrected chi connectivity index (χ0v) is 25.4. The Morgan fingerprint density at radius 1 is 0.907 bits per heavy atom. The maximum absolute atomic E-state index is 13.0. The fourth-order valence-electron chi connectivity index (χ4n) is 4.16. The van der Waals surface area contributed by atoms with Crippen LogP contribution < -0.4 is 20.1 Å². The van der Waals surface area contributed by atoms with E-state index in [1.54, 1.807) is 49.4 Å². The summed E-state index contributed by atoms with van der Waals surface area (Å²) < 4.78 is 17.4. The van der Waals surface area contributed by atoms with Gasteiger partial charge in [-0.1, -0.05) is 23.9 Å². The summed E-state index contributed by atoms with van der Waals surface area (Å²) in [5.41, 5.74) is 4.25. The Hall–Kier alpha value is -4.84. The SMILES string of the molecule is CCOC(=O)c1ccc(NC(=O)CSc2nnc(CNC(=O)c3cc(OC)cc(OC)c3)n2-c2cccc(C)c2C)cc1. The summed E-state index contributed by atoms with van der Waals surface area (Å²) in [4.78, 5) is 37.7. The minimum atomic E-state index is -0.420. The van der Waals surface area contributed by atoms with Gasteiger partial charge in [-0.3, -0.25) is 14.2 Å². The lowest BCUT2D eigenvalue weighted by Crippen LogP contribution is -2.25. The van der Waals surface area contributed by atoms with Gasteiger partial charge in [-0.2, -0.15) is 0 Å². The third-order valence-corrected chi connectivity index (χ3v) is 7.48. The lowest BCUT2D eigenvalue weighted by molar-refractivity contribution is -0.113. The lowest BCUT2D eigenvalue weighted by Gasteiger charge is -2.15. The number of nitrogens with zero attached hydrogens (tertiary/aromatic N) is 3. The second kappa shape index (κ2) is 14.4. The Labute approximate surface area is 253 Å². The van der Waals surface area contributed by atoms with Crippen molar-refractivity contribution in [1.29, 1.82) is 0 Å². The van der Waals surface area contributed by atoms with Crippen LogP contribution in [0.25, 0.3) is 5.69 Å². The molecule has 0 spiro atoms. The molecule has 0 saturated heterocycles. The predicted molar refractivity (Wildman–Crippen MR) is 163 cm³/mol. The highest BCUT2D eigenvalue weighted by Gasteiger charge is 2.19. The fourth-order valence-corrected chi connectivity index (χ4v) is 4.92. The number of anilines is 1. The molecule has 2 N–H and O–H groups in total. The topological polar surface area (TPSA) is 134 Å². The van der Waals surface area contributed by atoms with Crippen LogP contribution in [0.1, 0.15) is 44.6 Å². The summed E-state index contributed by atoms with van der Waals surface area (Å²) >= 11 is 1.22. The smallest absolute Gasteiger partial charge is 0.338 e. The van der Waals surface area contributed by atoms with Crippen molar-refractivity contribution in [1.82, 2.24) is 20.1 Å². The maximum atomic E-state index is 13.0. The molecule has 4 aromatic rings. The Morgan fingerprint density at radius 2 is 1.60 bits per heavy atom. The number of esters is 1. The number of hydrogen-bond acceptors (Lipinski definition) is 9. The van der Waals surface area contributed by atoms with E-state index in [0.717, 1.165) is 16.8 Å². The van der Waals surface area contributed by atoms with Gasteiger partial charge in [-0.25, -0.2) is 4.79 Å². The predicted octanol–water partition coefficient (Wildman–Crippen LogP) is 4.74. The van der Waals surface area contributed by atoms with Crippen LogP contribution in [0, 0.1) is 13.8 Å². The molecule has 0 fully saturated rings. The first-order valence-corrected chi connectivity index (χ1v) is 14.4. The molecule has 0 saturated carbocycles. The van der Waals surface area contributed by atoms with E-state index < -0.39 is 5.97 Å². The Balaban J connectivity index is 1.51. The normalized spacial score (nSPS) is 10.6. The molecule has 4 rings (SSSR count). The summed E-state index contributed by atoms with van der Waals surface area (Å²) in [7, 11) is 3.04. The number of thioether (sulfide) groups is 1. The lowest BCUT2D eigenvalue weighted by atomic mass is 10.1. The third-order valence-electron chi connectivity index (χ3n) is 6.55. The van der Waals surface area contributed by atoms with Gasteiger partial charge in [0.2, 0.25) is 5.91 Å². The zero-order valence-electron chi connectivity index (χ0n) is 24.6. The van der Waals surface area contributed by atoms with E-state index in [9.17, 15) is 14.4 Å². The van der Waals surface area contributed by atoms with Crippen molar-refractivity contribution in [2.45, 2.75) is 32.5 Å². The Morgan fingerprint density at radius 3 is 2.26 bits per heavy atom. The van der Waals surface area contributed by atoms with Crippen LogP contribution in [-0.2, 0) is 16.1 Å². The van der Waals surface area contributed by atoms with Crippen molar-refractivity contribution in [3.8, 4) is 17.2 Å². The van der Waals surface area contributed by atoms with E-state index in [1.807, 2.05) is 36.6 Å². The molecule has 0 radical (unpaired) electrons. The number of aromatic nitrogens is 3. The van der Waals surface area contributed by atoms with E-state index in [0.29, 0.717) is 39.3 Å². The summed E-state index contributed by atoms with van der Waals surface area (Å²) in [5, 5.41) is 14.9. The second-order valence-corrected chi connectivity index (χ2v) is 10.3. The molecule has 0 aliphatic heterocycles. The number of aryl methyl sites for hydroxylation is 1. The molecule has 224 valence electrons. The maximum Gasteiger partial charge on any atom is 0.338 e. The van der Waals surface area contributed by atoms with Crippen LogP contribution in [0.2, 0.25) is 0 Å². The van der Waals surface area contributed by atoms with Crippen LogP contribution >= 0.6 is 11.8 Å². The molecule has 0 aliphatic carbocycles. The first-order valence-electron chi connectivity index (χ1n) is 13.5. The molecular weight excluding hydrogens is 570 g/mol. The van der Waals surface area contributed by atoms with Crippen molar-refractivity contribution in [2.75, 3.05) is 31.9 Å². The van der Waals surface area contributed by atoms with E-state index in [2.05, 4.69) is 20.8 Å². The number of amides is 2. The van der Waals surface area contributed by atoms with Crippen molar-refractivity contribution >= 4 is 35.2 Å². The van der Waals surface area contributed by atoms with E-state index in [-0.39, 0.29) is 30.7 Å². The van der Waals surface area contributed by atoms with Gasteiger partial charge in [0.25, 0.3) is 5.91 Å². The highest BCUT2D eigenvalue weighted by Crippen LogP contribution is 2.27. The molecule has 43 heavy (non-hydrogen) atoms. The van der Waals surface area contributed by atoms with Crippen LogP contribution in [0.4, 0.5) is 5.69 Å². The molecule has 0 aliphatic rings. The van der Waals surface area contributed by atoms with Crippen LogP contribution in [0.5, 0.6) is 11.5 Å². The molecular formula is C31H33N5O6S. The average Bonchev–Trinajstić information content (AvgIpc) is 3.42. The molecule has 0 bridgehead atoms. The molecule has 12 heteroatoms. The summed E-state index contributed by atoms with van der Waals surface area (Å²) in [5.74, 6) is 0.524. The molecule has 1 heterocycles. The molecule has 11 nitrogen and oxygen atoms in total. The van der Waals surface area contributed by atoms with Gasteiger partial charge in [-0.15, -0.1) is 10.2 Å².